The van der Waals surface area contributed by atoms with Crippen LogP contribution in [0.1, 0.15) is 24.2 Å². The van der Waals surface area contributed by atoms with Crippen LogP contribution in [0.25, 0.3) is 0 Å². The predicted octanol–water partition coefficient (Wildman–Crippen LogP) is 1.63. The maximum absolute atomic E-state index is 11.0. The number of hydrogen-bond donors (Lipinski definition) is 1. The van der Waals surface area contributed by atoms with E-state index in [1.807, 2.05) is 6.92 Å². The van der Waals surface area contributed by atoms with E-state index in [0.717, 1.165) is 11.3 Å². The van der Waals surface area contributed by atoms with Gasteiger partial charge in [0.25, 0.3) is 0 Å². The Balaban J connectivity index is 3.05. The minimum Gasteiger partial charge on any atom is -0.497 e. The van der Waals surface area contributed by atoms with E-state index in [1.165, 1.54) is 6.92 Å². The van der Waals surface area contributed by atoms with Crippen molar-refractivity contribution >= 4 is 5.78 Å². The molecule has 0 saturated heterocycles. The zero-order valence-corrected chi connectivity index (χ0v) is 8.57. The number of benzene rings is 1. The third-order valence-electron chi connectivity index (χ3n) is 2.16. The predicted molar refractivity (Wildman–Crippen MR) is 53.4 cm³/mol. The van der Waals surface area contributed by atoms with Crippen LogP contribution in [-0.2, 0) is 4.79 Å². The molecule has 0 fully saturated rings. The summed E-state index contributed by atoms with van der Waals surface area (Å²) in [7, 11) is 1.58. The summed E-state index contributed by atoms with van der Waals surface area (Å²) in [5.74, 6) is 0.472. The van der Waals surface area contributed by atoms with Crippen LogP contribution in [0.2, 0.25) is 0 Å². The summed E-state index contributed by atoms with van der Waals surface area (Å²) < 4.78 is 5.02. The Kier molecular flexibility index (Phi) is 3.25. The van der Waals surface area contributed by atoms with Gasteiger partial charge in [0.15, 0.2) is 5.78 Å². The molecule has 0 radical (unpaired) electrons. The number of aliphatic hydroxyl groups is 1. The highest BCUT2D eigenvalue weighted by atomic mass is 16.5. The molecule has 0 spiro atoms. The molecule has 1 unspecified atom stereocenters. The molecule has 0 aliphatic rings. The maximum atomic E-state index is 11.0. The summed E-state index contributed by atoms with van der Waals surface area (Å²) in [6.45, 7) is 3.21. The SMILES string of the molecule is COc1ccc(C(O)C(C)=O)c(C)c1. The first-order valence-corrected chi connectivity index (χ1v) is 4.39. The van der Waals surface area contributed by atoms with Crippen molar-refractivity contribution in [3.63, 3.8) is 0 Å². The Morgan fingerprint density at radius 3 is 2.57 bits per heavy atom. The molecule has 3 heteroatoms. The van der Waals surface area contributed by atoms with Gasteiger partial charge in [-0.25, -0.2) is 0 Å². The average molecular weight is 194 g/mol. The Hall–Kier alpha value is -1.35. The van der Waals surface area contributed by atoms with Crippen molar-refractivity contribution in [1.29, 1.82) is 0 Å². The molecule has 0 amide bonds. The lowest BCUT2D eigenvalue weighted by Crippen LogP contribution is -2.09. The number of carbonyl (C=O) groups excluding carboxylic acids is 1. The first kappa shape index (κ1) is 10.7. The minimum absolute atomic E-state index is 0.252. The van der Waals surface area contributed by atoms with Gasteiger partial charge < -0.3 is 9.84 Å². The van der Waals surface area contributed by atoms with E-state index in [2.05, 4.69) is 0 Å². The molecular formula is C11H14O3. The van der Waals surface area contributed by atoms with Crippen molar-refractivity contribution < 1.29 is 14.6 Å². The number of ketones is 1. The number of Topliss-reactive ketones (excluding diaryl/α,β-unsaturated/α-hetero) is 1. The van der Waals surface area contributed by atoms with Crippen molar-refractivity contribution in [2.75, 3.05) is 7.11 Å². The fourth-order valence-electron chi connectivity index (χ4n) is 1.30. The summed E-state index contributed by atoms with van der Waals surface area (Å²) in [6.07, 6.45) is -1.03. The van der Waals surface area contributed by atoms with Gasteiger partial charge in [-0.15, -0.1) is 0 Å². The van der Waals surface area contributed by atoms with Crippen LogP contribution in [0.4, 0.5) is 0 Å². The molecule has 1 atom stereocenters. The van der Waals surface area contributed by atoms with Crippen LogP contribution in [0.15, 0.2) is 18.2 Å². The van der Waals surface area contributed by atoms with Crippen molar-refractivity contribution in [3.05, 3.63) is 29.3 Å². The van der Waals surface area contributed by atoms with Gasteiger partial charge in [0, 0.05) is 0 Å². The number of aliphatic hydroxyl groups excluding tert-OH is 1. The fraction of sp³-hybridized carbons (Fsp3) is 0.364. The molecular weight excluding hydrogens is 180 g/mol. The topological polar surface area (TPSA) is 46.5 Å². The molecule has 0 saturated carbocycles. The van der Waals surface area contributed by atoms with Gasteiger partial charge in [0.05, 0.1) is 7.11 Å². The van der Waals surface area contributed by atoms with Crippen LogP contribution in [0.5, 0.6) is 5.75 Å². The van der Waals surface area contributed by atoms with Gasteiger partial charge in [-0.05, 0) is 37.1 Å². The van der Waals surface area contributed by atoms with Gasteiger partial charge in [0.2, 0.25) is 0 Å². The van der Waals surface area contributed by atoms with Crippen LogP contribution in [0, 0.1) is 6.92 Å². The zero-order valence-electron chi connectivity index (χ0n) is 8.57. The van der Waals surface area contributed by atoms with Crippen molar-refractivity contribution in [2.45, 2.75) is 20.0 Å². The largest absolute Gasteiger partial charge is 0.497 e. The summed E-state index contributed by atoms with van der Waals surface area (Å²) in [5.41, 5.74) is 1.49. The lowest BCUT2D eigenvalue weighted by atomic mass is 10.0. The molecule has 1 aromatic carbocycles. The Morgan fingerprint density at radius 1 is 1.50 bits per heavy atom. The molecule has 0 heterocycles. The lowest BCUT2D eigenvalue weighted by molar-refractivity contribution is -0.125. The van der Waals surface area contributed by atoms with Gasteiger partial charge in [-0.3, -0.25) is 4.79 Å². The molecule has 0 bridgehead atoms. The highest BCUT2D eigenvalue weighted by molar-refractivity contribution is 5.82. The molecule has 0 aromatic heterocycles. The van der Waals surface area contributed by atoms with Gasteiger partial charge >= 0.3 is 0 Å². The van der Waals surface area contributed by atoms with Crippen molar-refractivity contribution in [2.24, 2.45) is 0 Å². The molecule has 1 rings (SSSR count). The van der Waals surface area contributed by atoms with Gasteiger partial charge in [-0.2, -0.15) is 0 Å². The second-order valence-corrected chi connectivity index (χ2v) is 3.24. The van der Waals surface area contributed by atoms with Crippen LogP contribution in [-0.4, -0.2) is 18.0 Å². The monoisotopic (exact) mass is 194 g/mol. The van der Waals surface area contributed by atoms with Gasteiger partial charge in [-0.1, -0.05) is 6.07 Å². The van der Waals surface area contributed by atoms with Gasteiger partial charge in [0.1, 0.15) is 11.9 Å². The molecule has 0 aliphatic carbocycles. The van der Waals surface area contributed by atoms with E-state index in [9.17, 15) is 9.90 Å². The smallest absolute Gasteiger partial charge is 0.162 e. The number of methoxy groups -OCH3 is 1. The van der Waals surface area contributed by atoms with E-state index in [1.54, 1.807) is 25.3 Å². The van der Waals surface area contributed by atoms with Crippen LogP contribution < -0.4 is 4.74 Å². The summed E-state index contributed by atoms with van der Waals surface area (Å²) >= 11 is 0. The maximum Gasteiger partial charge on any atom is 0.162 e. The van der Waals surface area contributed by atoms with E-state index in [0.29, 0.717) is 5.56 Å². The third-order valence-corrected chi connectivity index (χ3v) is 2.16. The molecule has 1 N–H and O–H groups in total. The second-order valence-electron chi connectivity index (χ2n) is 3.24. The zero-order chi connectivity index (χ0) is 10.7. The quantitative estimate of drug-likeness (QED) is 0.795. The summed E-state index contributed by atoms with van der Waals surface area (Å²) in [5, 5.41) is 9.55. The number of hydrogen-bond acceptors (Lipinski definition) is 3. The molecule has 14 heavy (non-hydrogen) atoms. The fourth-order valence-corrected chi connectivity index (χ4v) is 1.30. The van der Waals surface area contributed by atoms with E-state index in [-0.39, 0.29) is 5.78 Å². The highest BCUT2D eigenvalue weighted by Gasteiger charge is 2.14. The number of rotatable bonds is 3. The van der Waals surface area contributed by atoms with E-state index in [4.69, 9.17) is 4.74 Å². The normalized spacial score (nSPS) is 12.3. The standard InChI is InChI=1S/C11H14O3/c1-7-6-9(14-3)4-5-10(7)11(13)8(2)12/h4-6,11,13H,1-3H3. The van der Waals surface area contributed by atoms with Crippen molar-refractivity contribution in [1.82, 2.24) is 0 Å². The summed E-state index contributed by atoms with van der Waals surface area (Å²) in [4.78, 5) is 11.0. The first-order valence-electron chi connectivity index (χ1n) is 4.39. The number of carbonyl (C=O) groups is 1. The average Bonchev–Trinajstić information content (AvgIpc) is 2.16. The van der Waals surface area contributed by atoms with Crippen LogP contribution >= 0.6 is 0 Å². The number of ether oxygens (including phenoxy) is 1. The molecule has 1 aromatic rings. The minimum atomic E-state index is -1.03. The Bertz CT molecular complexity index is 344. The van der Waals surface area contributed by atoms with Crippen molar-refractivity contribution in [3.8, 4) is 5.75 Å². The Labute approximate surface area is 83.3 Å². The highest BCUT2D eigenvalue weighted by Crippen LogP contribution is 2.22. The summed E-state index contributed by atoms with van der Waals surface area (Å²) in [6, 6.07) is 5.23. The van der Waals surface area contributed by atoms with Crippen LogP contribution in [0.3, 0.4) is 0 Å². The number of aryl methyl sites for hydroxylation is 1. The molecule has 76 valence electrons. The first-order chi connectivity index (χ1) is 6.56. The lowest BCUT2D eigenvalue weighted by Gasteiger charge is -2.11. The van der Waals surface area contributed by atoms with E-state index < -0.39 is 6.10 Å². The second kappa shape index (κ2) is 4.24. The Morgan fingerprint density at radius 2 is 2.14 bits per heavy atom. The molecule has 0 aliphatic heterocycles. The molecule has 3 nitrogen and oxygen atoms in total. The van der Waals surface area contributed by atoms with E-state index >= 15 is 0 Å². The third kappa shape index (κ3) is 2.12.